The van der Waals surface area contributed by atoms with E-state index in [1.165, 1.54) is 15.8 Å². The Balaban J connectivity index is 1.41. The number of benzene rings is 1. The van der Waals surface area contributed by atoms with Crippen LogP contribution in [0, 0.1) is 0 Å². The summed E-state index contributed by atoms with van der Waals surface area (Å²) in [6.07, 6.45) is 2.84. The summed E-state index contributed by atoms with van der Waals surface area (Å²) in [6, 6.07) is 8.20. The van der Waals surface area contributed by atoms with Crippen molar-refractivity contribution in [3.05, 3.63) is 36.0 Å². The molecule has 1 aliphatic rings. The molecule has 24 heavy (non-hydrogen) atoms. The zero-order chi connectivity index (χ0) is 16.9. The molecule has 3 rings (SSSR count). The third-order valence-corrected chi connectivity index (χ3v) is 4.72. The molecule has 1 aliphatic heterocycles. The molecule has 1 saturated heterocycles. The van der Waals surface area contributed by atoms with Gasteiger partial charge in [0.05, 0.1) is 26.2 Å². The van der Waals surface area contributed by atoms with E-state index in [4.69, 9.17) is 0 Å². The average molecular weight is 329 g/mol. The number of fused-ring (bicyclic) bond motifs is 1. The Morgan fingerprint density at radius 3 is 2.75 bits per heavy atom. The Labute approximate surface area is 141 Å². The van der Waals surface area contributed by atoms with Gasteiger partial charge in [-0.15, -0.1) is 0 Å². The van der Waals surface area contributed by atoms with Crippen LogP contribution in [-0.2, 0) is 16.0 Å². The predicted molar refractivity (Wildman–Crippen MR) is 92.8 cm³/mol. The maximum atomic E-state index is 12.1. The minimum Gasteiger partial charge on any atom is -0.361 e. The van der Waals surface area contributed by atoms with Gasteiger partial charge in [0, 0.05) is 30.6 Å². The van der Waals surface area contributed by atoms with Crippen LogP contribution in [0.1, 0.15) is 12.5 Å². The summed E-state index contributed by atoms with van der Waals surface area (Å²) in [5.41, 5.74) is 2.36. The van der Waals surface area contributed by atoms with Crippen LogP contribution in [0.15, 0.2) is 30.5 Å². The molecule has 0 unspecified atom stereocenters. The fourth-order valence-corrected chi connectivity index (χ4v) is 3.28. The number of aromatic nitrogens is 1. The molecule has 0 radical (unpaired) electrons. The minimum absolute atomic E-state index is 0.0844. The summed E-state index contributed by atoms with van der Waals surface area (Å²) in [5, 5.41) is 4.23. The molecule has 1 aromatic carbocycles. The van der Waals surface area contributed by atoms with Gasteiger partial charge in [-0.1, -0.05) is 18.2 Å². The average Bonchev–Trinajstić information content (AvgIpc) is 2.99. The molecule has 128 valence electrons. The summed E-state index contributed by atoms with van der Waals surface area (Å²) < 4.78 is 0. The first-order chi connectivity index (χ1) is 11.6. The van der Waals surface area contributed by atoms with Crippen LogP contribution in [-0.4, -0.2) is 61.0 Å². The number of carbonyl (C=O) groups is 2. The van der Waals surface area contributed by atoms with E-state index in [0.717, 1.165) is 38.1 Å². The van der Waals surface area contributed by atoms with E-state index >= 15 is 0 Å². The fraction of sp³-hybridized carbons (Fsp3) is 0.444. The van der Waals surface area contributed by atoms with E-state index in [2.05, 4.69) is 22.4 Å². The largest absolute Gasteiger partial charge is 0.361 e. The highest BCUT2D eigenvalue weighted by molar-refractivity contribution is 5.83. The predicted octanol–water partition coefficient (Wildman–Crippen LogP) is -0.426. The molecule has 1 aromatic heterocycles. The molecule has 6 heteroatoms. The van der Waals surface area contributed by atoms with Gasteiger partial charge in [-0.05, 0) is 18.1 Å². The number of amides is 2. The van der Waals surface area contributed by atoms with Crippen LogP contribution in [0.25, 0.3) is 10.9 Å². The zero-order valence-corrected chi connectivity index (χ0v) is 14.1. The normalized spacial score (nSPS) is 15.6. The van der Waals surface area contributed by atoms with Crippen molar-refractivity contribution in [3.63, 3.8) is 0 Å². The van der Waals surface area contributed by atoms with Crippen molar-refractivity contribution in [2.45, 2.75) is 13.3 Å². The van der Waals surface area contributed by atoms with Crippen molar-refractivity contribution in [2.75, 3.05) is 39.3 Å². The van der Waals surface area contributed by atoms with Crippen molar-refractivity contribution >= 4 is 22.7 Å². The van der Waals surface area contributed by atoms with Gasteiger partial charge >= 0.3 is 0 Å². The van der Waals surface area contributed by atoms with Gasteiger partial charge in [0.25, 0.3) is 5.91 Å². The molecule has 0 saturated carbocycles. The van der Waals surface area contributed by atoms with E-state index < -0.39 is 0 Å². The van der Waals surface area contributed by atoms with E-state index in [-0.39, 0.29) is 11.8 Å². The second kappa shape index (κ2) is 7.49. The van der Waals surface area contributed by atoms with Crippen molar-refractivity contribution in [1.82, 2.24) is 15.2 Å². The third kappa shape index (κ3) is 3.94. The standard InChI is InChI=1S/C18H24N4O2/c1-14(23)22-10-8-21(9-11-22)13-18(24)19-7-6-15-12-20-17-5-3-2-4-16(15)17/h2-5,12,20H,6-11,13H2,1H3,(H,19,24)/p+1. The van der Waals surface area contributed by atoms with E-state index in [1.807, 2.05) is 23.2 Å². The second-order valence-electron chi connectivity index (χ2n) is 6.39. The number of piperazine rings is 1. The number of hydrogen-bond acceptors (Lipinski definition) is 2. The summed E-state index contributed by atoms with van der Waals surface area (Å²) in [6.45, 7) is 5.90. The number of hydrogen-bond donors (Lipinski definition) is 3. The van der Waals surface area contributed by atoms with Gasteiger partial charge in [-0.2, -0.15) is 0 Å². The van der Waals surface area contributed by atoms with Crippen molar-refractivity contribution in [1.29, 1.82) is 0 Å². The van der Waals surface area contributed by atoms with Crippen molar-refractivity contribution in [2.24, 2.45) is 0 Å². The lowest BCUT2D eigenvalue weighted by Gasteiger charge is -2.31. The molecule has 0 aliphatic carbocycles. The Bertz CT molecular complexity index is 717. The minimum atomic E-state index is 0.0844. The van der Waals surface area contributed by atoms with Crippen LogP contribution in [0.5, 0.6) is 0 Å². The monoisotopic (exact) mass is 329 g/mol. The number of aromatic amines is 1. The van der Waals surface area contributed by atoms with Crippen molar-refractivity contribution < 1.29 is 14.5 Å². The second-order valence-corrected chi connectivity index (χ2v) is 6.39. The molecule has 6 nitrogen and oxygen atoms in total. The number of nitrogens with one attached hydrogen (secondary N) is 3. The molecular weight excluding hydrogens is 304 g/mol. The summed E-state index contributed by atoms with van der Waals surface area (Å²) in [5.74, 6) is 0.207. The summed E-state index contributed by atoms with van der Waals surface area (Å²) in [7, 11) is 0. The first-order valence-corrected chi connectivity index (χ1v) is 8.54. The molecule has 3 N–H and O–H groups in total. The maximum Gasteiger partial charge on any atom is 0.275 e. The highest BCUT2D eigenvalue weighted by Gasteiger charge is 2.23. The Kier molecular flexibility index (Phi) is 5.15. The van der Waals surface area contributed by atoms with Crippen LogP contribution in [0.2, 0.25) is 0 Å². The molecule has 0 atom stereocenters. The van der Waals surface area contributed by atoms with Crippen LogP contribution in [0.4, 0.5) is 0 Å². The summed E-state index contributed by atoms with van der Waals surface area (Å²) >= 11 is 0. The van der Waals surface area contributed by atoms with E-state index in [9.17, 15) is 9.59 Å². The highest BCUT2D eigenvalue weighted by Crippen LogP contribution is 2.17. The van der Waals surface area contributed by atoms with Crippen LogP contribution in [0.3, 0.4) is 0 Å². The van der Waals surface area contributed by atoms with Gasteiger partial charge in [-0.3, -0.25) is 9.59 Å². The Morgan fingerprint density at radius 2 is 2.00 bits per heavy atom. The lowest BCUT2D eigenvalue weighted by molar-refractivity contribution is -0.896. The van der Waals surface area contributed by atoms with Crippen molar-refractivity contribution in [3.8, 4) is 0 Å². The van der Waals surface area contributed by atoms with Gasteiger partial charge in [0.15, 0.2) is 6.54 Å². The lowest BCUT2D eigenvalue weighted by atomic mass is 10.1. The smallest absolute Gasteiger partial charge is 0.275 e. The Morgan fingerprint density at radius 1 is 1.25 bits per heavy atom. The van der Waals surface area contributed by atoms with Gasteiger partial charge in [-0.25, -0.2) is 0 Å². The molecule has 2 heterocycles. The number of H-pyrrole nitrogens is 1. The molecule has 2 aromatic rings. The fourth-order valence-electron chi connectivity index (χ4n) is 3.28. The number of rotatable bonds is 5. The van der Waals surface area contributed by atoms with E-state index in [0.29, 0.717) is 13.1 Å². The number of para-hydroxylation sites is 1. The molecule has 2 amide bonds. The van der Waals surface area contributed by atoms with Crippen LogP contribution >= 0.6 is 0 Å². The Hall–Kier alpha value is -2.34. The quantitative estimate of drug-likeness (QED) is 0.697. The van der Waals surface area contributed by atoms with Gasteiger partial charge < -0.3 is 20.1 Å². The molecule has 0 spiro atoms. The van der Waals surface area contributed by atoms with Gasteiger partial charge in [0.1, 0.15) is 0 Å². The zero-order valence-electron chi connectivity index (χ0n) is 14.1. The summed E-state index contributed by atoms with van der Waals surface area (Å²) in [4.78, 5) is 29.8. The molecule has 1 fully saturated rings. The number of quaternary nitrogens is 1. The first kappa shape index (κ1) is 16.5. The first-order valence-electron chi connectivity index (χ1n) is 8.54. The topological polar surface area (TPSA) is 69.6 Å². The highest BCUT2D eigenvalue weighted by atomic mass is 16.2. The van der Waals surface area contributed by atoms with E-state index in [1.54, 1.807) is 6.92 Å². The maximum absolute atomic E-state index is 12.1. The SMILES string of the molecule is CC(=O)N1CC[NH+](CC(=O)NCCc2c[nH]c3ccccc23)CC1. The molecule has 0 bridgehead atoms. The van der Waals surface area contributed by atoms with Crippen LogP contribution < -0.4 is 10.2 Å². The van der Waals surface area contributed by atoms with Gasteiger partial charge in [0.2, 0.25) is 5.91 Å². The number of carbonyl (C=O) groups excluding carboxylic acids is 2. The number of nitrogens with zero attached hydrogens (tertiary/aromatic N) is 1. The third-order valence-electron chi connectivity index (χ3n) is 4.72. The lowest BCUT2D eigenvalue weighted by Crippen LogP contribution is -3.15. The molecular formula is C18H25N4O2+.